The van der Waals surface area contributed by atoms with Gasteiger partial charge in [-0.15, -0.1) is 0 Å². The van der Waals surface area contributed by atoms with Crippen LogP contribution in [-0.2, 0) is 4.79 Å². The molecule has 0 aliphatic rings. The van der Waals surface area contributed by atoms with Crippen LogP contribution in [0.5, 0.6) is 5.75 Å². The summed E-state index contributed by atoms with van der Waals surface area (Å²) in [6.07, 6.45) is 0.575. The van der Waals surface area contributed by atoms with Crippen LogP contribution in [0.25, 0.3) is 0 Å². The largest absolute Gasteiger partial charge is 0.493 e. The molecule has 0 aliphatic carbocycles. The lowest BCUT2D eigenvalue weighted by atomic mass is 10.1. The lowest BCUT2D eigenvalue weighted by Gasteiger charge is -2.11. The smallest absolute Gasteiger partial charge is 0.309 e. The van der Waals surface area contributed by atoms with Gasteiger partial charge in [-0.05, 0) is 30.7 Å². The number of carboxylic acid groups (broad SMARTS) is 1. The van der Waals surface area contributed by atoms with Gasteiger partial charge in [0.2, 0.25) is 0 Å². The molecule has 0 aliphatic heterocycles. The minimum absolute atomic E-state index is 0.216. The Kier molecular flexibility index (Phi) is 4.62. The van der Waals surface area contributed by atoms with Crippen molar-refractivity contribution in [1.29, 1.82) is 0 Å². The summed E-state index contributed by atoms with van der Waals surface area (Å²) in [7, 11) is 0. The van der Waals surface area contributed by atoms with Gasteiger partial charge in [0, 0.05) is 4.47 Å². The van der Waals surface area contributed by atoms with Crippen LogP contribution in [0, 0.1) is 5.92 Å². The predicted molar refractivity (Wildman–Crippen MR) is 61.1 cm³/mol. The number of ether oxygens (including phenoxy) is 1. The van der Waals surface area contributed by atoms with Gasteiger partial charge >= 0.3 is 5.97 Å². The third-order valence-electron chi connectivity index (χ3n) is 2.11. The summed E-state index contributed by atoms with van der Waals surface area (Å²) < 4.78 is 6.35. The van der Waals surface area contributed by atoms with E-state index in [2.05, 4.69) is 15.9 Å². The Labute approximate surface area is 97.2 Å². The number of rotatable bonds is 5. The molecule has 0 aromatic heterocycles. The van der Waals surface area contributed by atoms with Crippen LogP contribution in [-0.4, -0.2) is 17.7 Å². The average Bonchev–Trinajstić information content (AvgIpc) is 2.21. The molecule has 1 atom stereocenters. The van der Waals surface area contributed by atoms with Crippen LogP contribution in [0.3, 0.4) is 0 Å². The van der Waals surface area contributed by atoms with E-state index in [1.807, 2.05) is 19.1 Å². The second-order valence-corrected chi connectivity index (χ2v) is 4.12. The van der Waals surface area contributed by atoms with E-state index >= 15 is 0 Å². The van der Waals surface area contributed by atoms with E-state index in [1.54, 1.807) is 12.1 Å². The monoisotopic (exact) mass is 272 g/mol. The highest BCUT2D eigenvalue weighted by atomic mass is 79.9. The first-order valence-electron chi connectivity index (χ1n) is 4.74. The molecule has 0 spiro atoms. The maximum absolute atomic E-state index is 10.7. The molecule has 0 saturated carbocycles. The molecule has 1 aromatic carbocycles. The molecule has 1 N–H and O–H groups in total. The van der Waals surface area contributed by atoms with Crippen molar-refractivity contribution in [3.63, 3.8) is 0 Å². The summed E-state index contributed by atoms with van der Waals surface area (Å²) in [6.45, 7) is 2.05. The summed E-state index contributed by atoms with van der Waals surface area (Å²) in [5.41, 5.74) is 0. The third kappa shape index (κ3) is 3.91. The Morgan fingerprint density at radius 1 is 1.47 bits per heavy atom. The Morgan fingerprint density at radius 2 is 2.07 bits per heavy atom. The normalized spacial score (nSPS) is 12.1. The minimum atomic E-state index is -0.811. The molecule has 0 amide bonds. The second-order valence-electron chi connectivity index (χ2n) is 3.21. The fourth-order valence-electron chi connectivity index (χ4n) is 1.09. The van der Waals surface area contributed by atoms with Crippen molar-refractivity contribution < 1.29 is 14.6 Å². The minimum Gasteiger partial charge on any atom is -0.493 e. The molecular weight excluding hydrogens is 260 g/mol. The second kappa shape index (κ2) is 5.75. The van der Waals surface area contributed by atoms with E-state index in [4.69, 9.17) is 9.84 Å². The van der Waals surface area contributed by atoms with E-state index < -0.39 is 11.9 Å². The summed E-state index contributed by atoms with van der Waals surface area (Å²) >= 11 is 3.31. The number of aliphatic carboxylic acids is 1. The van der Waals surface area contributed by atoms with Crippen molar-refractivity contribution in [1.82, 2.24) is 0 Å². The van der Waals surface area contributed by atoms with Crippen molar-refractivity contribution >= 4 is 21.9 Å². The van der Waals surface area contributed by atoms with Gasteiger partial charge < -0.3 is 9.84 Å². The molecular formula is C11H13BrO3. The van der Waals surface area contributed by atoms with Gasteiger partial charge in [0.25, 0.3) is 0 Å². The van der Waals surface area contributed by atoms with Crippen LogP contribution in [0.1, 0.15) is 13.3 Å². The van der Waals surface area contributed by atoms with E-state index in [0.717, 1.165) is 4.47 Å². The molecule has 1 rings (SSSR count). The number of carbonyl (C=O) groups is 1. The molecule has 0 saturated heterocycles. The Hall–Kier alpha value is -1.03. The summed E-state index contributed by atoms with van der Waals surface area (Å²) in [5.74, 6) is -0.554. The van der Waals surface area contributed by atoms with Crippen molar-refractivity contribution in [2.75, 3.05) is 6.61 Å². The average molecular weight is 273 g/mol. The molecule has 82 valence electrons. The van der Waals surface area contributed by atoms with Gasteiger partial charge in [-0.3, -0.25) is 4.79 Å². The van der Waals surface area contributed by atoms with Crippen LogP contribution < -0.4 is 4.74 Å². The first-order chi connectivity index (χ1) is 7.13. The fourth-order valence-corrected chi connectivity index (χ4v) is 1.36. The molecule has 0 heterocycles. The van der Waals surface area contributed by atoms with Crippen molar-refractivity contribution in [3.8, 4) is 5.75 Å². The van der Waals surface area contributed by atoms with Gasteiger partial charge in [-0.2, -0.15) is 0 Å². The predicted octanol–water partition coefficient (Wildman–Crippen LogP) is 2.94. The number of hydrogen-bond donors (Lipinski definition) is 1. The Bertz CT molecular complexity index is 321. The summed E-state index contributed by atoms with van der Waals surface area (Å²) in [5, 5.41) is 8.81. The van der Waals surface area contributed by atoms with Gasteiger partial charge in [-0.25, -0.2) is 0 Å². The Morgan fingerprint density at radius 3 is 2.53 bits per heavy atom. The first-order valence-corrected chi connectivity index (χ1v) is 5.54. The van der Waals surface area contributed by atoms with Crippen molar-refractivity contribution in [2.45, 2.75) is 13.3 Å². The molecule has 0 bridgehead atoms. The molecule has 0 fully saturated rings. The van der Waals surface area contributed by atoms with Gasteiger partial charge in [-0.1, -0.05) is 22.9 Å². The van der Waals surface area contributed by atoms with Crippen LogP contribution >= 0.6 is 15.9 Å². The van der Waals surface area contributed by atoms with Crippen LogP contribution in [0.2, 0.25) is 0 Å². The van der Waals surface area contributed by atoms with Gasteiger partial charge in [0.05, 0.1) is 5.92 Å². The number of halogens is 1. The number of hydrogen-bond acceptors (Lipinski definition) is 2. The highest BCUT2D eigenvalue weighted by Gasteiger charge is 2.15. The van der Waals surface area contributed by atoms with Crippen LogP contribution in [0.15, 0.2) is 28.7 Å². The standard InChI is InChI=1S/C11H13BrO3/c1-2-8(11(13)14)7-15-10-5-3-9(12)4-6-10/h3-6,8H,2,7H2,1H3,(H,13,14). The third-order valence-corrected chi connectivity index (χ3v) is 2.64. The molecule has 4 heteroatoms. The van der Waals surface area contributed by atoms with Gasteiger partial charge in [0.1, 0.15) is 12.4 Å². The summed E-state index contributed by atoms with van der Waals surface area (Å²) in [4.78, 5) is 10.7. The zero-order chi connectivity index (χ0) is 11.3. The maximum atomic E-state index is 10.7. The summed E-state index contributed by atoms with van der Waals surface area (Å²) in [6, 6.07) is 7.32. The lowest BCUT2D eigenvalue weighted by molar-refractivity contribution is -0.142. The highest BCUT2D eigenvalue weighted by molar-refractivity contribution is 9.10. The van der Waals surface area contributed by atoms with Crippen molar-refractivity contribution in [2.24, 2.45) is 5.92 Å². The van der Waals surface area contributed by atoms with E-state index in [1.165, 1.54) is 0 Å². The molecule has 3 nitrogen and oxygen atoms in total. The first kappa shape index (κ1) is 12.0. The topological polar surface area (TPSA) is 46.5 Å². The fraction of sp³-hybridized carbons (Fsp3) is 0.364. The zero-order valence-electron chi connectivity index (χ0n) is 8.44. The maximum Gasteiger partial charge on any atom is 0.309 e. The quantitative estimate of drug-likeness (QED) is 0.897. The zero-order valence-corrected chi connectivity index (χ0v) is 10.0. The number of carboxylic acids is 1. The SMILES string of the molecule is CCC(COc1ccc(Br)cc1)C(=O)O. The molecule has 1 aromatic rings. The van der Waals surface area contributed by atoms with E-state index in [9.17, 15) is 4.79 Å². The molecule has 0 radical (unpaired) electrons. The van der Waals surface area contributed by atoms with E-state index in [-0.39, 0.29) is 6.61 Å². The van der Waals surface area contributed by atoms with Gasteiger partial charge in [0.15, 0.2) is 0 Å². The van der Waals surface area contributed by atoms with Crippen molar-refractivity contribution in [3.05, 3.63) is 28.7 Å². The van der Waals surface area contributed by atoms with Crippen LogP contribution in [0.4, 0.5) is 0 Å². The Balaban J connectivity index is 2.49. The highest BCUT2D eigenvalue weighted by Crippen LogP contribution is 2.17. The molecule has 1 unspecified atom stereocenters. The molecule has 15 heavy (non-hydrogen) atoms. The van der Waals surface area contributed by atoms with E-state index in [0.29, 0.717) is 12.2 Å². The lowest BCUT2D eigenvalue weighted by Crippen LogP contribution is -2.20. The number of benzene rings is 1.